The SMILES string of the molecule is CCCC(C)COCc1cc(CNCC)sc1C. The first-order chi connectivity index (χ1) is 8.67. The molecule has 1 heterocycles. The molecule has 0 aliphatic rings. The number of hydrogen-bond acceptors (Lipinski definition) is 3. The smallest absolute Gasteiger partial charge is 0.0727 e. The maximum Gasteiger partial charge on any atom is 0.0727 e. The van der Waals surface area contributed by atoms with Crippen LogP contribution in [0.4, 0.5) is 0 Å². The van der Waals surface area contributed by atoms with Gasteiger partial charge in [0.05, 0.1) is 6.61 Å². The van der Waals surface area contributed by atoms with Gasteiger partial charge in [-0.3, -0.25) is 0 Å². The number of rotatable bonds is 9. The third-order valence-corrected chi connectivity index (χ3v) is 4.16. The second-order valence-electron chi connectivity index (χ2n) is 4.98. The van der Waals surface area contributed by atoms with E-state index in [-0.39, 0.29) is 0 Å². The summed E-state index contributed by atoms with van der Waals surface area (Å²) in [4.78, 5) is 2.81. The quantitative estimate of drug-likeness (QED) is 0.728. The first-order valence-electron chi connectivity index (χ1n) is 7.04. The van der Waals surface area contributed by atoms with Gasteiger partial charge < -0.3 is 10.1 Å². The number of nitrogens with one attached hydrogen (secondary N) is 1. The molecule has 1 N–H and O–H groups in total. The zero-order valence-electron chi connectivity index (χ0n) is 12.2. The molecule has 1 aromatic rings. The first-order valence-corrected chi connectivity index (χ1v) is 7.85. The Hall–Kier alpha value is -0.380. The summed E-state index contributed by atoms with van der Waals surface area (Å²) in [5.74, 6) is 0.676. The number of hydrogen-bond donors (Lipinski definition) is 1. The minimum atomic E-state index is 0.676. The summed E-state index contributed by atoms with van der Waals surface area (Å²) in [6.45, 7) is 12.5. The molecule has 104 valence electrons. The van der Waals surface area contributed by atoms with Crippen molar-refractivity contribution < 1.29 is 4.74 Å². The maximum atomic E-state index is 5.82. The molecule has 1 aromatic heterocycles. The minimum absolute atomic E-state index is 0.676. The molecule has 1 unspecified atom stereocenters. The van der Waals surface area contributed by atoms with Gasteiger partial charge in [0, 0.05) is 22.9 Å². The number of ether oxygens (including phenoxy) is 1. The van der Waals surface area contributed by atoms with Gasteiger partial charge in [0.25, 0.3) is 0 Å². The second-order valence-corrected chi connectivity index (χ2v) is 6.32. The highest BCUT2D eigenvalue weighted by Gasteiger charge is 2.06. The average molecular weight is 269 g/mol. The Kier molecular flexibility index (Phi) is 7.56. The van der Waals surface area contributed by atoms with Crippen molar-refractivity contribution in [2.75, 3.05) is 13.2 Å². The van der Waals surface area contributed by atoms with E-state index >= 15 is 0 Å². The molecule has 1 atom stereocenters. The van der Waals surface area contributed by atoms with Crippen LogP contribution < -0.4 is 5.32 Å². The fourth-order valence-electron chi connectivity index (χ4n) is 2.01. The van der Waals surface area contributed by atoms with Crippen LogP contribution in [0.3, 0.4) is 0 Å². The van der Waals surface area contributed by atoms with Crippen molar-refractivity contribution in [3.63, 3.8) is 0 Å². The summed E-state index contributed by atoms with van der Waals surface area (Å²) in [6.07, 6.45) is 2.50. The maximum absolute atomic E-state index is 5.82. The fourth-order valence-corrected chi connectivity index (χ4v) is 3.03. The van der Waals surface area contributed by atoms with Crippen molar-refractivity contribution in [3.8, 4) is 0 Å². The van der Waals surface area contributed by atoms with Crippen LogP contribution in [0, 0.1) is 12.8 Å². The molecule has 0 fully saturated rings. The fraction of sp³-hybridized carbons (Fsp3) is 0.733. The topological polar surface area (TPSA) is 21.3 Å². The van der Waals surface area contributed by atoms with Gasteiger partial charge in [0.1, 0.15) is 0 Å². The van der Waals surface area contributed by atoms with Crippen LogP contribution in [0.5, 0.6) is 0 Å². The average Bonchev–Trinajstić information content (AvgIpc) is 2.68. The van der Waals surface area contributed by atoms with Crippen molar-refractivity contribution in [3.05, 3.63) is 21.4 Å². The van der Waals surface area contributed by atoms with Crippen LogP contribution in [0.2, 0.25) is 0 Å². The molecular weight excluding hydrogens is 242 g/mol. The van der Waals surface area contributed by atoms with Gasteiger partial charge >= 0.3 is 0 Å². The molecule has 0 aromatic carbocycles. The van der Waals surface area contributed by atoms with Crippen molar-refractivity contribution in [1.29, 1.82) is 0 Å². The summed E-state index contributed by atoms with van der Waals surface area (Å²) in [7, 11) is 0. The van der Waals surface area contributed by atoms with Crippen molar-refractivity contribution >= 4 is 11.3 Å². The van der Waals surface area contributed by atoms with E-state index in [0.717, 1.165) is 26.3 Å². The van der Waals surface area contributed by atoms with Gasteiger partial charge in [-0.05, 0) is 37.4 Å². The van der Waals surface area contributed by atoms with Crippen LogP contribution in [0.1, 0.15) is 48.9 Å². The second kappa shape index (κ2) is 8.68. The lowest BCUT2D eigenvalue weighted by Crippen LogP contribution is -2.10. The normalized spacial score (nSPS) is 12.9. The van der Waals surface area contributed by atoms with Gasteiger partial charge in [-0.1, -0.05) is 27.2 Å². The Morgan fingerprint density at radius 2 is 2.17 bits per heavy atom. The van der Waals surface area contributed by atoms with E-state index in [2.05, 4.69) is 39.1 Å². The molecule has 0 saturated heterocycles. The largest absolute Gasteiger partial charge is 0.376 e. The zero-order valence-corrected chi connectivity index (χ0v) is 13.0. The standard InChI is InChI=1S/C15H27NOS/c1-5-7-12(3)10-17-11-14-8-15(9-16-6-2)18-13(14)4/h8,12,16H,5-7,9-11H2,1-4H3. The Morgan fingerprint density at radius 3 is 2.83 bits per heavy atom. The van der Waals surface area contributed by atoms with Crippen LogP contribution in [0.25, 0.3) is 0 Å². The van der Waals surface area contributed by atoms with Gasteiger partial charge in [0.2, 0.25) is 0 Å². The van der Waals surface area contributed by atoms with Gasteiger partial charge in [-0.25, -0.2) is 0 Å². The van der Waals surface area contributed by atoms with Crippen LogP contribution in [0.15, 0.2) is 6.07 Å². The van der Waals surface area contributed by atoms with Crippen molar-refractivity contribution in [1.82, 2.24) is 5.32 Å². The molecule has 0 spiro atoms. The predicted molar refractivity (Wildman–Crippen MR) is 80.2 cm³/mol. The van der Waals surface area contributed by atoms with E-state index in [1.807, 2.05) is 11.3 Å². The van der Waals surface area contributed by atoms with Crippen molar-refractivity contribution in [2.24, 2.45) is 5.92 Å². The Bertz CT molecular complexity index is 335. The highest BCUT2D eigenvalue weighted by molar-refractivity contribution is 7.12. The molecule has 0 amide bonds. The summed E-state index contributed by atoms with van der Waals surface area (Å²) in [6, 6.07) is 2.28. The summed E-state index contributed by atoms with van der Waals surface area (Å²) < 4.78 is 5.82. The lowest BCUT2D eigenvalue weighted by Gasteiger charge is -2.10. The van der Waals surface area contributed by atoms with Gasteiger partial charge in [-0.2, -0.15) is 0 Å². The van der Waals surface area contributed by atoms with E-state index in [1.54, 1.807) is 0 Å². The van der Waals surface area contributed by atoms with E-state index < -0.39 is 0 Å². The van der Waals surface area contributed by atoms with E-state index in [4.69, 9.17) is 4.74 Å². The zero-order chi connectivity index (χ0) is 13.4. The lowest BCUT2D eigenvalue weighted by molar-refractivity contribution is 0.0892. The molecule has 0 bridgehead atoms. The molecule has 0 aliphatic heterocycles. The molecule has 18 heavy (non-hydrogen) atoms. The first kappa shape index (κ1) is 15.7. The molecule has 0 saturated carbocycles. The van der Waals surface area contributed by atoms with Gasteiger partial charge in [-0.15, -0.1) is 11.3 Å². The monoisotopic (exact) mass is 269 g/mol. The van der Waals surface area contributed by atoms with Crippen LogP contribution >= 0.6 is 11.3 Å². The van der Waals surface area contributed by atoms with Crippen LogP contribution in [-0.2, 0) is 17.9 Å². The van der Waals surface area contributed by atoms with E-state index in [0.29, 0.717) is 5.92 Å². The van der Waals surface area contributed by atoms with Gasteiger partial charge in [0.15, 0.2) is 0 Å². The van der Waals surface area contributed by atoms with E-state index in [1.165, 1.54) is 28.2 Å². The van der Waals surface area contributed by atoms with Crippen molar-refractivity contribution in [2.45, 2.75) is 53.7 Å². The Balaban J connectivity index is 2.35. The molecule has 3 heteroatoms. The summed E-state index contributed by atoms with van der Waals surface area (Å²) >= 11 is 1.88. The summed E-state index contributed by atoms with van der Waals surface area (Å²) in [5.41, 5.74) is 1.36. The Labute approximate surface area is 116 Å². The number of aryl methyl sites for hydroxylation is 1. The third-order valence-electron chi connectivity index (χ3n) is 3.06. The highest BCUT2D eigenvalue weighted by Crippen LogP contribution is 2.22. The minimum Gasteiger partial charge on any atom is -0.376 e. The molecule has 0 radical (unpaired) electrons. The molecule has 0 aliphatic carbocycles. The third kappa shape index (κ3) is 5.51. The molecular formula is C15H27NOS. The summed E-state index contributed by atoms with van der Waals surface area (Å²) in [5, 5.41) is 3.37. The van der Waals surface area contributed by atoms with Crippen LogP contribution in [-0.4, -0.2) is 13.2 Å². The molecule has 1 rings (SSSR count). The van der Waals surface area contributed by atoms with E-state index in [9.17, 15) is 0 Å². The Morgan fingerprint density at radius 1 is 1.39 bits per heavy atom. The molecule has 2 nitrogen and oxygen atoms in total. The number of thiophene rings is 1. The predicted octanol–water partition coefficient (Wildman–Crippen LogP) is 4.12. The lowest BCUT2D eigenvalue weighted by atomic mass is 10.1. The highest BCUT2D eigenvalue weighted by atomic mass is 32.1.